The van der Waals surface area contributed by atoms with Gasteiger partial charge in [0.25, 0.3) is 5.91 Å². The van der Waals surface area contributed by atoms with E-state index in [0.29, 0.717) is 15.7 Å². The topological polar surface area (TPSA) is 64.4 Å². The number of ether oxygens (including phenoxy) is 1. The Morgan fingerprint density at radius 1 is 1.24 bits per heavy atom. The number of nitrogens with two attached hydrogens (primary N) is 1. The molecule has 0 fully saturated rings. The van der Waals surface area contributed by atoms with Crippen LogP contribution in [0.3, 0.4) is 0 Å². The third kappa shape index (κ3) is 3.91. The van der Waals surface area contributed by atoms with Crippen molar-refractivity contribution in [2.75, 3.05) is 11.1 Å². The molecular weight excluding hydrogens is 346 g/mol. The molecule has 2 rings (SSSR count). The number of carbonyl (C=O) groups is 1. The first-order chi connectivity index (χ1) is 9.97. The highest BCUT2D eigenvalue weighted by Gasteiger charge is 2.14. The maximum Gasteiger partial charge on any atom is 0.387 e. The van der Waals surface area contributed by atoms with Gasteiger partial charge in [-0.2, -0.15) is 8.78 Å². The molecule has 1 amide bonds. The highest BCUT2D eigenvalue weighted by molar-refractivity contribution is 9.10. The number of rotatable bonds is 4. The van der Waals surface area contributed by atoms with Crippen molar-refractivity contribution in [3.8, 4) is 5.75 Å². The van der Waals surface area contributed by atoms with Gasteiger partial charge in [0, 0.05) is 10.2 Å². The van der Waals surface area contributed by atoms with E-state index in [1.165, 1.54) is 24.3 Å². The first-order valence-electron chi connectivity index (χ1n) is 5.87. The molecule has 0 saturated heterocycles. The van der Waals surface area contributed by atoms with E-state index >= 15 is 0 Å². The molecule has 0 aliphatic carbocycles. The van der Waals surface area contributed by atoms with Gasteiger partial charge in [-0.15, -0.1) is 0 Å². The van der Waals surface area contributed by atoms with Crippen LogP contribution in [0.5, 0.6) is 5.75 Å². The van der Waals surface area contributed by atoms with E-state index in [0.717, 1.165) is 0 Å². The van der Waals surface area contributed by atoms with Crippen LogP contribution in [-0.2, 0) is 0 Å². The third-order valence-corrected chi connectivity index (χ3v) is 3.28. The summed E-state index contributed by atoms with van der Waals surface area (Å²) in [5, 5.41) is 2.52. The van der Waals surface area contributed by atoms with Crippen molar-refractivity contribution >= 4 is 33.2 Å². The van der Waals surface area contributed by atoms with E-state index < -0.39 is 12.5 Å². The quantitative estimate of drug-likeness (QED) is 0.817. The Morgan fingerprint density at radius 3 is 2.67 bits per heavy atom. The normalized spacial score (nSPS) is 10.5. The van der Waals surface area contributed by atoms with Crippen LogP contribution in [0.2, 0.25) is 0 Å². The minimum Gasteiger partial charge on any atom is -0.433 e. The number of carbonyl (C=O) groups excluding carboxylic acids is 1. The Labute approximate surface area is 128 Å². The summed E-state index contributed by atoms with van der Waals surface area (Å²) in [6, 6.07) is 10.7. The summed E-state index contributed by atoms with van der Waals surface area (Å²) in [4.78, 5) is 12.2. The van der Waals surface area contributed by atoms with Crippen LogP contribution in [0.4, 0.5) is 20.2 Å². The molecule has 0 radical (unpaired) electrons. The fourth-order valence-electron chi connectivity index (χ4n) is 1.68. The van der Waals surface area contributed by atoms with E-state index in [-0.39, 0.29) is 11.4 Å². The summed E-state index contributed by atoms with van der Waals surface area (Å²) >= 11 is 3.24. The van der Waals surface area contributed by atoms with Crippen molar-refractivity contribution in [3.05, 3.63) is 52.5 Å². The Kier molecular flexibility index (Phi) is 4.74. The number of nitrogens with one attached hydrogen (secondary N) is 1. The number of halogens is 3. The summed E-state index contributed by atoms with van der Waals surface area (Å²) in [5.41, 5.74) is 6.49. The molecule has 0 spiro atoms. The van der Waals surface area contributed by atoms with Crippen LogP contribution in [0.1, 0.15) is 10.4 Å². The van der Waals surface area contributed by atoms with Gasteiger partial charge in [-0.05, 0) is 46.3 Å². The number of alkyl halides is 2. The van der Waals surface area contributed by atoms with Gasteiger partial charge in [0.1, 0.15) is 5.75 Å². The second-order valence-electron chi connectivity index (χ2n) is 4.07. The zero-order chi connectivity index (χ0) is 15.4. The first kappa shape index (κ1) is 15.2. The molecule has 110 valence electrons. The smallest absolute Gasteiger partial charge is 0.387 e. The van der Waals surface area contributed by atoms with Gasteiger partial charge in [0.05, 0.1) is 11.3 Å². The fourth-order valence-corrected chi connectivity index (χ4v) is 2.10. The minimum atomic E-state index is -2.97. The number of amides is 1. The van der Waals surface area contributed by atoms with Crippen LogP contribution >= 0.6 is 15.9 Å². The number of hydrogen-bond donors (Lipinski definition) is 2. The average molecular weight is 357 g/mol. The van der Waals surface area contributed by atoms with E-state index in [1.54, 1.807) is 18.2 Å². The Hall–Kier alpha value is -2.15. The van der Waals surface area contributed by atoms with Crippen LogP contribution < -0.4 is 15.8 Å². The predicted octanol–water partition coefficient (Wildman–Crippen LogP) is 3.89. The Balaban J connectivity index is 2.25. The van der Waals surface area contributed by atoms with Gasteiger partial charge < -0.3 is 15.8 Å². The van der Waals surface area contributed by atoms with Crippen LogP contribution in [0.25, 0.3) is 0 Å². The van der Waals surface area contributed by atoms with Gasteiger partial charge >= 0.3 is 6.61 Å². The van der Waals surface area contributed by atoms with Crippen molar-refractivity contribution in [1.29, 1.82) is 0 Å². The molecule has 0 aliphatic heterocycles. The lowest BCUT2D eigenvalue weighted by atomic mass is 10.2. The molecule has 2 aromatic rings. The van der Waals surface area contributed by atoms with Crippen LogP contribution in [-0.4, -0.2) is 12.5 Å². The molecule has 3 N–H and O–H groups in total. The molecule has 21 heavy (non-hydrogen) atoms. The lowest BCUT2D eigenvalue weighted by Gasteiger charge is -2.12. The zero-order valence-electron chi connectivity index (χ0n) is 10.6. The van der Waals surface area contributed by atoms with Crippen molar-refractivity contribution in [2.45, 2.75) is 6.61 Å². The van der Waals surface area contributed by atoms with Gasteiger partial charge in [-0.25, -0.2) is 0 Å². The van der Waals surface area contributed by atoms with Gasteiger partial charge in [-0.3, -0.25) is 4.79 Å². The second kappa shape index (κ2) is 6.53. The lowest BCUT2D eigenvalue weighted by molar-refractivity contribution is -0.0493. The van der Waals surface area contributed by atoms with E-state index in [1.807, 2.05) is 0 Å². The van der Waals surface area contributed by atoms with E-state index in [4.69, 9.17) is 5.73 Å². The summed E-state index contributed by atoms with van der Waals surface area (Å²) in [6.07, 6.45) is 0. The molecule has 4 nitrogen and oxygen atoms in total. The number of benzene rings is 2. The summed E-state index contributed by atoms with van der Waals surface area (Å²) in [5.74, 6) is -0.597. The first-order valence-corrected chi connectivity index (χ1v) is 6.67. The van der Waals surface area contributed by atoms with Crippen LogP contribution in [0.15, 0.2) is 46.9 Å². The maximum atomic E-state index is 12.3. The number of para-hydroxylation sites is 2. The largest absolute Gasteiger partial charge is 0.433 e. The van der Waals surface area contributed by atoms with Gasteiger partial charge in [0.2, 0.25) is 0 Å². The summed E-state index contributed by atoms with van der Waals surface area (Å²) in [6.45, 7) is -2.97. The molecule has 0 aliphatic rings. The monoisotopic (exact) mass is 356 g/mol. The Bertz CT molecular complexity index is 665. The maximum absolute atomic E-state index is 12.3. The predicted molar refractivity (Wildman–Crippen MR) is 79.6 cm³/mol. The molecule has 0 aromatic heterocycles. The third-order valence-electron chi connectivity index (χ3n) is 2.59. The van der Waals surface area contributed by atoms with E-state index in [9.17, 15) is 13.6 Å². The van der Waals surface area contributed by atoms with Crippen molar-refractivity contribution in [2.24, 2.45) is 0 Å². The van der Waals surface area contributed by atoms with Crippen molar-refractivity contribution in [3.63, 3.8) is 0 Å². The molecule has 0 heterocycles. The van der Waals surface area contributed by atoms with Gasteiger partial charge in [0.15, 0.2) is 0 Å². The van der Waals surface area contributed by atoms with Crippen molar-refractivity contribution < 1.29 is 18.3 Å². The molecule has 0 saturated carbocycles. The Morgan fingerprint density at radius 2 is 1.95 bits per heavy atom. The molecule has 2 aromatic carbocycles. The molecule has 0 atom stereocenters. The van der Waals surface area contributed by atoms with E-state index in [2.05, 4.69) is 26.0 Å². The standard InChI is InChI=1S/C14H11BrF2N2O2/c15-10-6-5-8(18)7-9(10)13(20)19-11-3-1-2-4-12(11)21-14(16)17/h1-7,14H,18H2,(H,19,20). The number of hydrogen-bond acceptors (Lipinski definition) is 3. The SMILES string of the molecule is Nc1ccc(Br)c(C(=O)Nc2ccccc2OC(F)F)c1. The summed E-state index contributed by atoms with van der Waals surface area (Å²) in [7, 11) is 0. The number of anilines is 2. The molecular formula is C14H11BrF2N2O2. The zero-order valence-corrected chi connectivity index (χ0v) is 12.2. The highest BCUT2D eigenvalue weighted by Crippen LogP contribution is 2.27. The van der Waals surface area contributed by atoms with Gasteiger partial charge in [-0.1, -0.05) is 12.1 Å². The fraction of sp³-hybridized carbons (Fsp3) is 0.0714. The average Bonchev–Trinajstić information content (AvgIpc) is 2.43. The second-order valence-corrected chi connectivity index (χ2v) is 4.92. The molecule has 0 bridgehead atoms. The minimum absolute atomic E-state index is 0.110. The highest BCUT2D eigenvalue weighted by atomic mass is 79.9. The van der Waals surface area contributed by atoms with Crippen LogP contribution in [0, 0.1) is 0 Å². The lowest BCUT2D eigenvalue weighted by Crippen LogP contribution is -2.14. The van der Waals surface area contributed by atoms with Crippen molar-refractivity contribution in [1.82, 2.24) is 0 Å². The number of nitrogen functional groups attached to an aromatic ring is 1. The molecule has 7 heteroatoms. The summed E-state index contributed by atoms with van der Waals surface area (Å²) < 4.78 is 29.5. The molecule has 0 unspecified atom stereocenters.